The van der Waals surface area contributed by atoms with Crippen LogP contribution in [0.4, 0.5) is 0 Å². The Balaban J connectivity index is 2.06. The minimum atomic E-state index is -0.0375. The van der Waals surface area contributed by atoms with E-state index >= 15 is 0 Å². The number of hydrogen-bond donors (Lipinski definition) is 0. The first kappa shape index (κ1) is 7.13. The number of esters is 1. The summed E-state index contributed by atoms with van der Waals surface area (Å²) in [6.45, 7) is 0. The molecule has 0 unspecified atom stereocenters. The van der Waals surface area contributed by atoms with E-state index in [2.05, 4.69) is 12.1 Å². The van der Waals surface area contributed by atoms with Crippen molar-refractivity contribution in [2.24, 2.45) is 0 Å². The molecule has 0 radical (unpaired) electrons. The molecule has 1 fully saturated rings. The summed E-state index contributed by atoms with van der Waals surface area (Å²) in [6, 6.07) is 8.31. The Morgan fingerprint density at radius 2 is 2.08 bits per heavy atom. The highest BCUT2D eigenvalue weighted by Gasteiger charge is 2.41. The normalized spacial score (nSPS) is 29.7. The molecule has 0 spiro atoms. The fourth-order valence-electron chi connectivity index (χ4n) is 2.40. The summed E-state index contributed by atoms with van der Waals surface area (Å²) >= 11 is 0. The third-order valence-electron chi connectivity index (χ3n) is 2.99. The number of ether oxygens (including phenoxy) is 1. The van der Waals surface area contributed by atoms with Crippen LogP contribution in [-0.2, 0) is 16.0 Å². The largest absolute Gasteiger partial charge is 0.461 e. The van der Waals surface area contributed by atoms with E-state index < -0.39 is 0 Å². The predicted octanol–water partition coefficient (Wildman–Crippen LogP) is 1.64. The molecule has 1 aromatic carbocycles. The van der Waals surface area contributed by atoms with Gasteiger partial charge in [0.15, 0.2) is 0 Å². The van der Waals surface area contributed by atoms with Crippen molar-refractivity contribution in [1.82, 2.24) is 0 Å². The fourth-order valence-corrected chi connectivity index (χ4v) is 2.40. The zero-order valence-electron chi connectivity index (χ0n) is 7.19. The molecule has 13 heavy (non-hydrogen) atoms. The third-order valence-corrected chi connectivity index (χ3v) is 2.99. The Hall–Kier alpha value is -1.31. The molecule has 3 rings (SSSR count). The van der Waals surface area contributed by atoms with Gasteiger partial charge in [-0.1, -0.05) is 24.3 Å². The molecule has 2 nitrogen and oxygen atoms in total. The lowest BCUT2D eigenvalue weighted by Gasteiger charge is -2.05. The zero-order chi connectivity index (χ0) is 8.84. The number of hydrogen-bond acceptors (Lipinski definition) is 2. The van der Waals surface area contributed by atoms with Crippen molar-refractivity contribution < 1.29 is 9.53 Å². The molecule has 66 valence electrons. The van der Waals surface area contributed by atoms with Gasteiger partial charge in [0, 0.05) is 12.3 Å². The van der Waals surface area contributed by atoms with Crippen LogP contribution in [0.3, 0.4) is 0 Å². The maximum atomic E-state index is 11.0. The quantitative estimate of drug-likeness (QED) is 0.559. The van der Waals surface area contributed by atoms with E-state index in [0.717, 1.165) is 6.42 Å². The van der Waals surface area contributed by atoms with Crippen LogP contribution in [0.15, 0.2) is 24.3 Å². The molecule has 1 aromatic rings. The van der Waals surface area contributed by atoms with E-state index in [-0.39, 0.29) is 12.1 Å². The van der Waals surface area contributed by atoms with Crippen molar-refractivity contribution in [2.45, 2.75) is 24.9 Å². The Morgan fingerprint density at radius 1 is 1.23 bits per heavy atom. The SMILES string of the molecule is O=C1C[C@@H]2c3ccccc3C[C@H]2O1. The van der Waals surface area contributed by atoms with Crippen molar-refractivity contribution in [3.05, 3.63) is 35.4 Å². The van der Waals surface area contributed by atoms with Gasteiger partial charge in [0.2, 0.25) is 0 Å². The van der Waals surface area contributed by atoms with E-state index in [1.807, 2.05) is 12.1 Å². The van der Waals surface area contributed by atoms with Crippen molar-refractivity contribution >= 4 is 5.97 Å². The van der Waals surface area contributed by atoms with Gasteiger partial charge in [-0.3, -0.25) is 4.79 Å². The molecule has 1 heterocycles. The lowest BCUT2D eigenvalue weighted by atomic mass is 9.99. The van der Waals surface area contributed by atoms with Crippen molar-refractivity contribution in [3.63, 3.8) is 0 Å². The van der Waals surface area contributed by atoms with Gasteiger partial charge >= 0.3 is 5.97 Å². The third kappa shape index (κ3) is 0.916. The van der Waals surface area contributed by atoms with E-state index in [1.165, 1.54) is 11.1 Å². The first-order chi connectivity index (χ1) is 6.34. The standard InChI is InChI=1S/C11H10O2/c12-11-6-9-8-4-2-1-3-7(8)5-10(9)13-11/h1-4,9-10H,5-6H2/t9-,10-/m1/s1. The van der Waals surface area contributed by atoms with Crippen molar-refractivity contribution in [2.75, 3.05) is 0 Å². The molecule has 1 saturated heterocycles. The van der Waals surface area contributed by atoms with Crippen LogP contribution in [0.2, 0.25) is 0 Å². The number of carbonyl (C=O) groups is 1. The number of rotatable bonds is 0. The van der Waals surface area contributed by atoms with Gasteiger partial charge in [-0.05, 0) is 11.1 Å². The summed E-state index contributed by atoms with van der Waals surface area (Å²) in [5.74, 6) is 0.299. The van der Waals surface area contributed by atoms with Crippen LogP contribution < -0.4 is 0 Å². The molecular weight excluding hydrogens is 164 g/mol. The van der Waals surface area contributed by atoms with Crippen LogP contribution in [0.1, 0.15) is 23.5 Å². The summed E-state index contributed by atoms with van der Waals surface area (Å²) in [5.41, 5.74) is 2.67. The summed E-state index contributed by atoms with van der Waals surface area (Å²) < 4.78 is 5.23. The smallest absolute Gasteiger partial charge is 0.306 e. The van der Waals surface area contributed by atoms with Crippen LogP contribution in [0, 0.1) is 0 Å². The highest BCUT2D eigenvalue weighted by molar-refractivity contribution is 5.74. The van der Waals surface area contributed by atoms with Crippen LogP contribution in [0.5, 0.6) is 0 Å². The fraction of sp³-hybridized carbons (Fsp3) is 0.364. The summed E-state index contributed by atoms with van der Waals surface area (Å²) in [7, 11) is 0. The molecule has 2 atom stereocenters. The summed E-state index contributed by atoms with van der Waals surface area (Å²) in [4.78, 5) is 11.0. The Morgan fingerprint density at radius 3 is 3.00 bits per heavy atom. The highest BCUT2D eigenvalue weighted by atomic mass is 16.5. The van der Waals surface area contributed by atoms with Crippen LogP contribution in [0.25, 0.3) is 0 Å². The van der Waals surface area contributed by atoms with Crippen molar-refractivity contribution in [3.8, 4) is 0 Å². The predicted molar refractivity (Wildman–Crippen MR) is 47.4 cm³/mol. The Bertz CT molecular complexity index is 370. The lowest BCUT2D eigenvalue weighted by Crippen LogP contribution is -2.09. The average Bonchev–Trinajstić information content (AvgIpc) is 2.60. The minimum absolute atomic E-state index is 0.0375. The molecule has 0 N–H and O–H groups in total. The second kappa shape index (κ2) is 2.34. The molecular formula is C11H10O2. The average molecular weight is 174 g/mol. The molecule has 1 aliphatic heterocycles. The van der Waals surface area contributed by atoms with Gasteiger partial charge in [-0.2, -0.15) is 0 Å². The molecule has 2 heteroatoms. The monoisotopic (exact) mass is 174 g/mol. The van der Waals surface area contributed by atoms with Crippen LogP contribution in [-0.4, -0.2) is 12.1 Å². The molecule has 0 bridgehead atoms. The molecule has 2 aliphatic rings. The van der Waals surface area contributed by atoms with E-state index in [1.54, 1.807) is 0 Å². The maximum Gasteiger partial charge on any atom is 0.306 e. The van der Waals surface area contributed by atoms with E-state index in [4.69, 9.17) is 4.74 Å². The van der Waals surface area contributed by atoms with Gasteiger partial charge in [-0.15, -0.1) is 0 Å². The number of fused-ring (bicyclic) bond motifs is 3. The van der Waals surface area contributed by atoms with Gasteiger partial charge in [0.25, 0.3) is 0 Å². The lowest BCUT2D eigenvalue weighted by molar-refractivity contribution is -0.141. The molecule has 0 aromatic heterocycles. The number of benzene rings is 1. The van der Waals surface area contributed by atoms with Crippen LogP contribution >= 0.6 is 0 Å². The Labute approximate surface area is 76.5 Å². The zero-order valence-corrected chi connectivity index (χ0v) is 7.19. The number of carbonyl (C=O) groups excluding carboxylic acids is 1. The molecule has 0 saturated carbocycles. The topological polar surface area (TPSA) is 26.3 Å². The highest BCUT2D eigenvalue weighted by Crippen LogP contribution is 2.41. The van der Waals surface area contributed by atoms with Gasteiger partial charge in [0.1, 0.15) is 6.10 Å². The first-order valence-electron chi connectivity index (χ1n) is 4.62. The summed E-state index contributed by atoms with van der Waals surface area (Å²) in [5, 5.41) is 0. The van der Waals surface area contributed by atoms with E-state index in [0.29, 0.717) is 12.3 Å². The second-order valence-electron chi connectivity index (χ2n) is 3.74. The second-order valence-corrected chi connectivity index (χ2v) is 3.74. The minimum Gasteiger partial charge on any atom is -0.461 e. The van der Waals surface area contributed by atoms with Crippen molar-refractivity contribution in [1.29, 1.82) is 0 Å². The van der Waals surface area contributed by atoms with E-state index in [9.17, 15) is 4.79 Å². The van der Waals surface area contributed by atoms with Gasteiger partial charge in [-0.25, -0.2) is 0 Å². The maximum absolute atomic E-state index is 11.0. The van der Waals surface area contributed by atoms with Gasteiger partial charge < -0.3 is 4.74 Å². The first-order valence-corrected chi connectivity index (χ1v) is 4.62. The summed E-state index contributed by atoms with van der Waals surface area (Å²) in [6.07, 6.45) is 1.61. The van der Waals surface area contributed by atoms with Gasteiger partial charge in [0.05, 0.1) is 6.42 Å². The molecule has 1 aliphatic carbocycles. The molecule has 0 amide bonds. The Kier molecular flexibility index (Phi) is 1.29.